The number of benzene rings is 2. The van der Waals surface area contributed by atoms with Crippen LogP contribution in [0.25, 0.3) is 10.9 Å². The Hall–Kier alpha value is -2.54. The number of phenols is 1. The number of hydrogen-bond donors (Lipinski definition) is 3. The number of aromatic hydroxyl groups is 1. The minimum absolute atomic E-state index is 0.00962. The summed E-state index contributed by atoms with van der Waals surface area (Å²) in [5.41, 5.74) is 2.07. The molecule has 0 spiro atoms. The molecule has 0 radical (unpaired) electrons. The van der Waals surface area contributed by atoms with Gasteiger partial charge in [0, 0.05) is 28.2 Å². The number of carbonyl (C=O) groups is 2. The number of rotatable bonds is 5. The quantitative estimate of drug-likeness (QED) is 0.590. The number of hydrogen-bond acceptors (Lipinski definition) is 4. The van der Waals surface area contributed by atoms with Crippen molar-refractivity contribution >= 4 is 45.9 Å². The molecule has 0 atom stereocenters. The van der Waals surface area contributed by atoms with Crippen molar-refractivity contribution in [1.82, 2.24) is 9.88 Å². The van der Waals surface area contributed by atoms with E-state index < -0.39 is 0 Å². The van der Waals surface area contributed by atoms with E-state index in [-0.39, 0.29) is 42.2 Å². The second-order valence-corrected chi connectivity index (χ2v) is 7.13. The van der Waals surface area contributed by atoms with E-state index in [1.165, 1.54) is 16.7 Å². The van der Waals surface area contributed by atoms with Gasteiger partial charge >= 0.3 is 0 Å². The number of amides is 1. The van der Waals surface area contributed by atoms with E-state index >= 15 is 0 Å². The fraction of sp³-hybridized carbons (Fsp3) is 0.200. The van der Waals surface area contributed by atoms with Crippen LogP contribution in [0, 0.1) is 6.92 Å². The van der Waals surface area contributed by atoms with Gasteiger partial charge in [0.1, 0.15) is 5.75 Å². The molecule has 8 heteroatoms. The molecule has 0 saturated carbocycles. The summed E-state index contributed by atoms with van der Waals surface area (Å²) in [6, 6.07) is 9.43. The fourth-order valence-electron chi connectivity index (χ4n) is 3.11. The number of aliphatic hydroxyl groups excluding tert-OH is 1. The SMILES string of the molecule is Cc1c(CC(=O)NCCO)c2cc(O)c(Cl)cc2n1C(=O)c1ccc(Cl)cc1. The number of phenolic OH excluding ortho intramolecular Hbond substituents is 1. The Balaban J connectivity index is 2.15. The first-order valence-corrected chi connectivity index (χ1v) is 9.29. The summed E-state index contributed by atoms with van der Waals surface area (Å²) in [6.45, 7) is 1.70. The number of aromatic nitrogens is 1. The summed E-state index contributed by atoms with van der Waals surface area (Å²) in [5.74, 6) is -0.741. The maximum Gasteiger partial charge on any atom is 0.262 e. The first-order valence-electron chi connectivity index (χ1n) is 8.53. The van der Waals surface area contributed by atoms with Crippen molar-refractivity contribution < 1.29 is 19.8 Å². The molecular weight excluding hydrogens is 403 g/mol. The summed E-state index contributed by atoms with van der Waals surface area (Å²) >= 11 is 12.0. The number of halogens is 2. The zero-order valence-electron chi connectivity index (χ0n) is 15.0. The summed E-state index contributed by atoms with van der Waals surface area (Å²) in [4.78, 5) is 25.3. The average Bonchev–Trinajstić information content (AvgIpc) is 2.91. The van der Waals surface area contributed by atoms with Crippen LogP contribution in [-0.2, 0) is 11.2 Å². The predicted molar refractivity (Wildman–Crippen MR) is 108 cm³/mol. The Morgan fingerprint density at radius 3 is 2.46 bits per heavy atom. The lowest BCUT2D eigenvalue weighted by Gasteiger charge is -2.08. The van der Waals surface area contributed by atoms with Crippen molar-refractivity contribution in [2.75, 3.05) is 13.2 Å². The van der Waals surface area contributed by atoms with Crippen LogP contribution in [0.5, 0.6) is 5.75 Å². The van der Waals surface area contributed by atoms with Crippen molar-refractivity contribution in [1.29, 1.82) is 0 Å². The van der Waals surface area contributed by atoms with Gasteiger partial charge in [0.05, 0.1) is 23.6 Å². The monoisotopic (exact) mass is 420 g/mol. The molecule has 2 aromatic carbocycles. The van der Waals surface area contributed by atoms with Crippen molar-refractivity contribution in [3.8, 4) is 5.75 Å². The summed E-state index contributed by atoms with van der Waals surface area (Å²) in [6.07, 6.45) is -0.00962. The Kier molecular flexibility index (Phi) is 5.93. The molecule has 1 amide bonds. The van der Waals surface area contributed by atoms with Gasteiger partial charge in [-0.05, 0) is 48.9 Å². The van der Waals surface area contributed by atoms with Gasteiger partial charge in [0.25, 0.3) is 5.91 Å². The minimum atomic E-state index is -0.303. The number of nitrogens with zero attached hydrogens (tertiary/aromatic N) is 1. The predicted octanol–water partition coefficient (Wildman–Crippen LogP) is 3.30. The Labute approximate surface area is 171 Å². The Bertz CT molecular complexity index is 1060. The standard InChI is InChI=1S/C20H18Cl2N2O4/c1-11-14(9-19(27)23-6-7-25)15-8-18(26)16(22)10-17(15)24(11)20(28)12-2-4-13(21)5-3-12/h2-5,8,10,25-26H,6-7,9H2,1H3,(H,23,27). The average molecular weight is 421 g/mol. The highest BCUT2D eigenvalue weighted by Crippen LogP contribution is 2.35. The number of carbonyl (C=O) groups excluding carboxylic acids is 2. The second kappa shape index (κ2) is 8.22. The van der Waals surface area contributed by atoms with Crippen molar-refractivity contribution in [2.45, 2.75) is 13.3 Å². The summed E-state index contributed by atoms with van der Waals surface area (Å²) in [7, 11) is 0. The third-order valence-corrected chi connectivity index (χ3v) is 5.02. The van der Waals surface area contributed by atoms with Gasteiger partial charge in [0.2, 0.25) is 5.91 Å². The highest BCUT2D eigenvalue weighted by Gasteiger charge is 2.22. The van der Waals surface area contributed by atoms with Crippen molar-refractivity contribution in [3.05, 3.63) is 63.3 Å². The minimum Gasteiger partial charge on any atom is -0.506 e. The van der Waals surface area contributed by atoms with Crippen LogP contribution in [0.4, 0.5) is 0 Å². The molecule has 1 heterocycles. The molecule has 0 aliphatic heterocycles. The zero-order chi connectivity index (χ0) is 20.4. The lowest BCUT2D eigenvalue weighted by atomic mass is 10.1. The van der Waals surface area contributed by atoms with Crippen LogP contribution in [0.1, 0.15) is 21.6 Å². The van der Waals surface area contributed by atoms with E-state index in [1.807, 2.05) is 0 Å². The van der Waals surface area contributed by atoms with E-state index in [0.29, 0.717) is 32.7 Å². The first-order chi connectivity index (χ1) is 13.3. The number of nitrogens with one attached hydrogen (secondary N) is 1. The van der Waals surface area contributed by atoms with Gasteiger partial charge in [-0.25, -0.2) is 0 Å². The van der Waals surface area contributed by atoms with E-state index in [1.54, 1.807) is 31.2 Å². The molecule has 0 aliphatic rings. The van der Waals surface area contributed by atoms with Gasteiger partial charge in [-0.2, -0.15) is 0 Å². The van der Waals surface area contributed by atoms with Gasteiger partial charge < -0.3 is 15.5 Å². The molecule has 0 aliphatic carbocycles. The van der Waals surface area contributed by atoms with Gasteiger partial charge in [0.15, 0.2) is 0 Å². The van der Waals surface area contributed by atoms with Gasteiger partial charge in [-0.1, -0.05) is 23.2 Å². The van der Waals surface area contributed by atoms with E-state index in [0.717, 1.165) is 0 Å². The van der Waals surface area contributed by atoms with Crippen molar-refractivity contribution in [2.24, 2.45) is 0 Å². The normalized spacial score (nSPS) is 11.0. The Morgan fingerprint density at radius 2 is 1.82 bits per heavy atom. The molecule has 28 heavy (non-hydrogen) atoms. The van der Waals surface area contributed by atoms with E-state index in [4.69, 9.17) is 28.3 Å². The number of aliphatic hydroxyl groups is 1. The number of fused-ring (bicyclic) bond motifs is 1. The van der Waals surface area contributed by atoms with Gasteiger partial charge in [-0.15, -0.1) is 0 Å². The molecular formula is C20H18Cl2N2O4. The maximum absolute atomic E-state index is 13.1. The molecule has 1 aromatic heterocycles. The summed E-state index contributed by atoms with van der Waals surface area (Å²) < 4.78 is 1.47. The highest BCUT2D eigenvalue weighted by molar-refractivity contribution is 6.33. The second-order valence-electron chi connectivity index (χ2n) is 6.28. The maximum atomic E-state index is 13.1. The molecule has 6 nitrogen and oxygen atoms in total. The lowest BCUT2D eigenvalue weighted by molar-refractivity contribution is -0.120. The molecule has 146 valence electrons. The Morgan fingerprint density at radius 1 is 1.14 bits per heavy atom. The van der Waals surface area contributed by atoms with Crippen LogP contribution >= 0.6 is 23.2 Å². The largest absolute Gasteiger partial charge is 0.506 e. The smallest absolute Gasteiger partial charge is 0.262 e. The zero-order valence-corrected chi connectivity index (χ0v) is 16.5. The molecule has 0 bridgehead atoms. The van der Waals surface area contributed by atoms with Crippen LogP contribution in [-0.4, -0.2) is 39.7 Å². The van der Waals surface area contributed by atoms with Crippen LogP contribution < -0.4 is 5.32 Å². The van der Waals surface area contributed by atoms with Crippen LogP contribution in [0.2, 0.25) is 10.0 Å². The van der Waals surface area contributed by atoms with Crippen LogP contribution in [0.3, 0.4) is 0 Å². The molecule has 3 rings (SSSR count). The molecule has 0 unspecified atom stereocenters. The third-order valence-electron chi connectivity index (χ3n) is 4.47. The molecule has 3 N–H and O–H groups in total. The lowest BCUT2D eigenvalue weighted by Crippen LogP contribution is -2.28. The third kappa shape index (κ3) is 3.85. The van der Waals surface area contributed by atoms with Gasteiger partial charge in [-0.3, -0.25) is 14.2 Å². The first kappa shape index (κ1) is 20.2. The highest BCUT2D eigenvalue weighted by atomic mass is 35.5. The topological polar surface area (TPSA) is 91.6 Å². The molecule has 0 saturated heterocycles. The molecule has 0 fully saturated rings. The van der Waals surface area contributed by atoms with E-state index in [2.05, 4.69) is 5.32 Å². The van der Waals surface area contributed by atoms with Crippen LogP contribution in [0.15, 0.2) is 36.4 Å². The van der Waals surface area contributed by atoms with E-state index in [9.17, 15) is 14.7 Å². The van der Waals surface area contributed by atoms with Crippen molar-refractivity contribution in [3.63, 3.8) is 0 Å². The molecule has 3 aromatic rings. The summed E-state index contributed by atoms with van der Waals surface area (Å²) in [5, 5.41) is 22.7. The fourth-order valence-corrected chi connectivity index (χ4v) is 3.40.